The number of Topliss-reactive ketones (excluding diaryl/α,β-unsaturated/α-hetero) is 2. The van der Waals surface area contributed by atoms with Crippen LogP contribution in [0.3, 0.4) is 0 Å². The summed E-state index contributed by atoms with van der Waals surface area (Å²) in [5.41, 5.74) is 0. The molecular formula is C8H12O2. The zero-order valence-electron chi connectivity index (χ0n) is 6.39. The van der Waals surface area contributed by atoms with Crippen LogP contribution in [-0.4, -0.2) is 11.6 Å². The number of ketones is 2. The predicted octanol–water partition coefficient (Wildman–Crippen LogP) is 1.19. The Balaban J connectivity index is 2.66. The molecule has 0 radical (unpaired) electrons. The van der Waals surface area contributed by atoms with E-state index in [1.807, 2.05) is 6.92 Å². The minimum atomic E-state index is -0.323. The van der Waals surface area contributed by atoms with Gasteiger partial charge < -0.3 is 0 Å². The third-order valence-electron chi connectivity index (χ3n) is 2.07. The van der Waals surface area contributed by atoms with E-state index in [4.69, 9.17) is 0 Å². The zero-order valence-corrected chi connectivity index (χ0v) is 6.39. The van der Waals surface area contributed by atoms with Crippen LogP contribution < -0.4 is 0 Å². The zero-order chi connectivity index (χ0) is 7.72. The van der Waals surface area contributed by atoms with Gasteiger partial charge >= 0.3 is 0 Å². The molecule has 1 fully saturated rings. The molecule has 2 nitrogen and oxygen atoms in total. The first-order chi connectivity index (χ1) is 4.61. The summed E-state index contributed by atoms with van der Waals surface area (Å²) in [6.45, 7) is 3.65. The van der Waals surface area contributed by atoms with Gasteiger partial charge in [-0.25, -0.2) is 0 Å². The third-order valence-corrected chi connectivity index (χ3v) is 2.07. The number of carbonyl (C=O) groups is 2. The molecule has 0 amide bonds. The first kappa shape index (κ1) is 7.45. The Morgan fingerprint density at radius 1 is 1.10 bits per heavy atom. The molecule has 1 aliphatic carbocycles. The minimum absolute atomic E-state index is 0.115. The van der Waals surface area contributed by atoms with Crippen LogP contribution in [0.25, 0.3) is 0 Å². The Labute approximate surface area is 60.6 Å². The summed E-state index contributed by atoms with van der Waals surface area (Å²) >= 11 is 0. The molecule has 0 saturated heterocycles. The maximum atomic E-state index is 11.0. The molecule has 10 heavy (non-hydrogen) atoms. The van der Waals surface area contributed by atoms with Gasteiger partial charge in [-0.3, -0.25) is 9.59 Å². The van der Waals surface area contributed by atoms with Crippen molar-refractivity contribution in [3.05, 3.63) is 0 Å². The summed E-state index contributed by atoms with van der Waals surface area (Å²) in [6, 6.07) is 0. The van der Waals surface area contributed by atoms with E-state index in [9.17, 15) is 9.59 Å². The Morgan fingerprint density at radius 2 is 1.50 bits per heavy atom. The molecule has 1 saturated carbocycles. The second kappa shape index (κ2) is 2.52. The van der Waals surface area contributed by atoms with Crippen LogP contribution in [0, 0.1) is 11.8 Å². The SMILES string of the molecule is CC1CC(=O)C(C)C(=O)C1. The van der Waals surface area contributed by atoms with E-state index in [0.717, 1.165) is 0 Å². The van der Waals surface area contributed by atoms with Gasteiger partial charge in [-0.05, 0) is 12.8 Å². The quantitative estimate of drug-likeness (QED) is 0.474. The molecule has 0 heterocycles. The van der Waals surface area contributed by atoms with Gasteiger partial charge in [0.25, 0.3) is 0 Å². The fourth-order valence-electron chi connectivity index (χ4n) is 1.29. The number of carbonyl (C=O) groups excluding carboxylic acids is 2. The van der Waals surface area contributed by atoms with E-state index in [1.165, 1.54) is 0 Å². The average Bonchev–Trinajstić information content (AvgIpc) is 1.82. The lowest BCUT2D eigenvalue weighted by Gasteiger charge is -2.20. The topological polar surface area (TPSA) is 34.1 Å². The molecule has 0 spiro atoms. The van der Waals surface area contributed by atoms with Crippen LogP contribution in [0.5, 0.6) is 0 Å². The second-order valence-corrected chi connectivity index (χ2v) is 3.17. The van der Waals surface area contributed by atoms with Crippen LogP contribution >= 0.6 is 0 Å². The fourth-order valence-corrected chi connectivity index (χ4v) is 1.29. The first-order valence-corrected chi connectivity index (χ1v) is 3.66. The lowest BCUT2D eigenvalue weighted by molar-refractivity contribution is -0.136. The van der Waals surface area contributed by atoms with Crippen molar-refractivity contribution in [2.24, 2.45) is 11.8 Å². The molecule has 0 aromatic heterocycles. The normalized spacial score (nSPS) is 34.6. The smallest absolute Gasteiger partial charge is 0.143 e. The van der Waals surface area contributed by atoms with Crippen molar-refractivity contribution >= 4 is 11.6 Å². The molecule has 0 bridgehead atoms. The summed E-state index contributed by atoms with van der Waals surface area (Å²) in [6.07, 6.45) is 1.18. The van der Waals surface area contributed by atoms with Crippen molar-refractivity contribution in [3.8, 4) is 0 Å². The van der Waals surface area contributed by atoms with Crippen molar-refractivity contribution in [3.63, 3.8) is 0 Å². The monoisotopic (exact) mass is 140 g/mol. The molecule has 56 valence electrons. The molecule has 1 rings (SSSR count). The van der Waals surface area contributed by atoms with Crippen LogP contribution in [0.15, 0.2) is 0 Å². The van der Waals surface area contributed by atoms with Gasteiger partial charge in [0.05, 0.1) is 5.92 Å². The lowest BCUT2D eigenvalue weighted by atomic mass is 9.82. The van der Waals surface area contributed by atoms with Gasteiger partial charge in [0.1, 0.15) is 11.6 Å². The van der Waals surface area contributed by atoms with Crippen molar-refractivity contribution < 1.29 is 9.59 Å². The largest absolute Gasteiger partial charge is 0.299 e. The predicted molar refractivity (Wildman–Crippen MR) is 37.6 cm³/mol. The summed E-state index contributed by atoms with van der Waals surface area (Å²) in [5.74, 6) is 0.180. The van der Waals surface area contributed by atoms with Gasteiger partial charge in [0, 0.05) is 12.8 Å². The van der Waals surface area contributed by atoms with E-state index >= 15 is 0 Å². The molecule has 2 heteroatoms. The summed E-state index contributed by atoms with van der Waals surface area (Å²) in [4.78, 5) is 22.0. The maximum Gasteiger partial charge on any atom is 0.143 e. The molecule has 0 aromatic rings. The average molecular weight is 140 g/mol. The Morgan fingerprint density at radius 3 is 1.90 bits per heavy atom. The highest BCUT2D eigenvalue weighted by molar-refractivity contribution is 6.04. The van der Waals surface area contributed by atoms with E-state index in [1.54, 1.807) is 6.92 Å². The Bertz CT molecular complexity index is 154. The highest BCUT2D eigenvalue weighted by Crippen LogP contribution is 2.21. The minimum Gasteiger partial charge on any atom is -0.299 e. The molecule has 0 N–H and O–H groups in total. The van der Waals surface area contributed by atoms with Crippen molar-refractivity contribution in [1.82, 2.24) is 0 Å². The van der Waals surface area contributed by atoms with Gasteiger partial charge in [0.2, 0.25) is 0 Å². The van der Waals surface area contributed by atoms with E-state index in [0.29, 0.717) is 12.8 Å². The molecule has 1 aliphatic rings. The number of hydrogen-bond acceptors (Lipinski definition) is 2. The molecule has 0 aliphatic heterocycles. The molecule has 0 aromatic carbocycles. The summed E-state index contributed by atoms with van der Waals surface area (Å²) in [5, 5.41) is 0. The summed E-state index contributed by atoms with van der Waals surface area (Å²) in [7, 11) is 0. The van der Waals surface area contributed by atoms with E-state index < -0.39 is 0 Å². The number of hydrogen-bond donors (Lipinski definition) is 0. The standard InChI is InChI=1S/C8H12O2/c1-5-3-7(9)6(2)8(10)4-5/h5-6H,3-4H2,1-2H3. The molecule has 0 atom stereocenters. The van der Waals surface area contributed by atoms with Crippen LogP contribution in [-0.2, 0) is 9.59 Å². The van der Waals surface area contributed by atoms with E-state index in [-0.39, 0.29) is 23.4 Å². The van der Waals surface area contributed by atoms with Gasteiger partial charge in [0.15, 0.2) is 0 Å². The summed E-state index contributed by atoms with van der Waals surface area (Å²) < 4.78 is 0. The molecular weight excluding hydrogens is 128 g/mol. The van der Waals surface area contributed by atoms with E-state index in [2.05, 4.69) is 0 Å². The fraction of sp³-hybridized carbons (Fsp3) is 0.750. The maximum absolute atomic E-state index is 11.0. The highest BCUT2D eigenvalue weighted by Gasteiger charge is 2.29. The van der Waals surface area contributed by atoms with Gasteiger partial charge in [-0.2, -0.15) is 0 Å². The van der Waals surface area contributed by atoms with Gasteiger partial charge in [-0.1, -0.05) is 6.92 Å². The van der Waals surface area contributed by atoms with Gasteiger partial charge in [-0.15, -0.1) is 0 Å². The van der Waals surface area contributed by atoms with Crippen molar-refractivity contribution in [1.29, 1.82) is 0 Å². The third kappa shape index (κ3) is 1.25. The second-order valence-electron chi connectivity index (χ2n) is 3.17. The Kier molecular flexibility index (Phi) is 1.88. The van der Waals surface area contributed by atoms with Crippen molar-refractivity contribution in [2.75, 3.05) is 0 Å². The Hall–Kier alpha value is -0.660. The van der Waals surface area contributed by atoms with Crippen LogP contribution in [0.4, 0.5) is 0 Å². The molecule has 0 unspecified atom stereocenters. The lowest BCUT2D eigenvalue weighted by Crippen LogP contribution is -2.29. The highest BCUT2D eigenvalue weighted by atomic mass is 16.2. The number of rotatable bonds is 0. The van der Waals surface area contributed by atoms with Crippen molar-refractivity contribution in [2.45, 2.75) is 26.7 Å². The first-order valence-electron chi connectivity index (χ1n) is 3.66. The van der Waals surface area contributed by atoms with Crippen LogP contribution in [0.1, 0.15) is 26.7 Å². The van der Waals surface area contributed by atoms with Crippen LogP contribution in [0.2, 0.25) is 0 Å².